The van der Waals surface area contributed by atoms with E-state index in [0.29, 0.717) is 36.0 Å². The van der Waals surface area contributed by atoms with E-state index in [4.69, 9.17) is 5.73 Å². The molecule has 7 heteroatoms. The van der Waals surface area contributed by atoms with Crippen LogP contribution in [-0.4, -0.2) is 34.9 Å². The summed E-state index contributed by atoms with van der Waals surface area (Å²) in [5, 5.41) is 8.04. The first-order valence-corrected chi connectivity index (χ1v) is 8.45. The second kappa shape index (κ2) is 6.49. The topological polar surface area (TPSA) is 72.9 Å². The van der Waals surface area contributed by atoms with Gasteiger partial charge in [0.15, 0.2) is 0 Å². The minimum absolute atomic E-state index is 0.0551. The van der Waals surface area contributed by atoms with Crippen molar-refractivity contribution in [3.8, 4) is 5.69 Å². The lowest BCUT2D eigenvalue weighted by molar-refractivity contribution is 0.100. The van der Waals surface area contributed by atoms with Crippen molar-refractivity contribution in [3.05, 3.63) is 59.5 Å². The monoisotopic (exact) mass is 356 g/mol. The predicted molar refractivity (Wildman–Crippen MR) is 94.7 cm³/mol. The van der Waals surface area contributed by atoms with E-state index in [-0.39, 0.29) is 11.6 Å². The van der Waals surface area contributed by atoms with Crippen molar-refractivity contribution in [1.29, 1.82) is 0 Å². The fourth-order valence-electron chi connectivity index (χ4n) is 3.47. The van der Waals surface area contributed by atoms with Crippen molar-refractivity contribution in [2.75, 3.05) is 13.1 Å². The van der Waals surface area contributed by atoms with Gasteiger partial charge in [0, 0.05) is 24.7 Å². The summed E-state index contributed by atoms with van der Waals surface area (Å²) in [6.07, 6.45) is 1.12. The zero-order valence-corrected chi connectivity index (χ0v) is 14.0. The van der Waals surface area contributed by atoms with Crippen molar-refractivity contribution in [1.82, 2.24) is 15.1 Å². The van der Waals surface area contributed by atoms with Crippen molar-refractivity contribution in [2.24, 2.45) is 5.73 Å². The van der Waals surface area contributed by atoms with Crippen LogP contribution in [0.5, 0.6) is 0 Å². The maximum atomic E-state index is 14.7. The number of carbonyl (C=O) groups is 1. The highest BCUT2D eigenvalue weighted by Gasteiger charge is 2.23. The first kappa shape index (κ1) is 16.7. The van der Waals surface area contributed by atoms with Gasteiger partial charge in [0.05, 0.1) is 5.56 Å². The molecule has 0 saturated carbocycles. The molecule has 1 aliphatic heterocycles. The lowest BCUT2D eigenvalue weighted by atomic mass is 9.90. The molecule has 5 nitrogen and oxygen atoms in total. The Hall–Kier alpha value is -2.80. The van der Waals surface area contributed by atoms with E-state index in [1.807, 2.05) is 0 Å². The number of carbonyl (C=O) groups excluding carboxylic acids is 1. The molecule has 0 spiro atoms. The average molecular weight is 356 g/mol. The van der Waals surface area contributed by atoms with Crippen molar-refractivity contribution < 1.29 is 13.6 Å². The van der Waals surface area contributed by atoms with E-state index in [2.05, 4.69) is 10.4 Å². The van der Waals surface area contributed by atoms with Crippen LogP contribution in [0.15, 0.2) is 42.6 Å². The highest BCUT2D eigenvalue weighted by molar-refractivity contribution is 6.04. The zero-order valence-electron chi connectivity index (χ0n) is 14.0. The fraction of sp³-hybridized carbons (Fsp3) is 0.263. The smallest absolute Gasteiger partial charge is 0.250 e. The maximum Gasteiger partial charge on any atom is 0.250 e. The van der Waals surface area contributed by atoms with E-state index in [9.17, 15) is 13.6 Å². The Kier molecular flexibility index (Phi) is 4.16. The number of rotatable bonds is 3. The SMILES string of the molecule is NC(=O)c1cccc2cn(-c3ccc([C@@H]4CNC[C@@H](F)C4)cc3F)nc12. The number of nitrogens with two attached hydrogens (primary N) is 1. The van der Waals surface area contributed by atoms with Gasteiger partial charge in [0.1, 0.15) is 23.2 Å². The molecular weight excluding hydrogens is 338 g/mol. The van der Waals surface area contributed by atoms with E-state index in [1.54, 1.807) is 36.5 Å². The number of alkyl halides is 1. The number of hydrogen-bond donors (Lipinski definition) is 2. The van der Waals surface area contributed by atoms with Gasteiger partial charge in [0.25, 0.3) is 5.91 Å². The van der Waals surface area contributed by atoms with Crippen LogP contribution in [0.1, 0.15) is 28.3 Å². The number of fused-ring (bicyclic) bond motifs is 1. The van der Waals surface area contributed by atoms with Gasteiger partial charge in [-0.2, -0.15) is 5.10 Å². The van der Waals surface area contributed by atoms with E-state index in [1.165, 1.54) is 10.7 Å². The molecule has 26 heavy (non-hydrogen) atoms. The molecule has 0 unspecified atom stereocenters. The summed E-state index contributed by atoms with van der Waals surface area (Å²) in [4.78, 5) is 11.5. The Balaban J connectivity index is 1.71. The number of nitrogens with one attached hydrogen (secondary N) is 1. The van der Waals surface area contributed by atoms with Crippen LogP contribution < -0.4 is 11.1 Å². The molecule has 0 aliphatic carbocycles. The summed E-state index contributed by atoms with van der Waals surface area (Å²) in [6.45, 7) is 0.978. The molecule has 2 aromatic carbocycles. The summed E-state index contributed by atoms with van der Waals surface area (Å²) in [7, 11) is 0. The minimum atomic E-state index is -0.917. The van der Waals surface area contributed by atoms with Crippen LogP contribution >= 0.6 is 0 Å². The largest absolute Gasteiger partial charge is 0.366 e. The number of primary amides is 1. The quantitative estimate of drug-likeness (QED) is 0.758. The van der Waals surface area contributed by atoms with Gasteiger partial charge in [-0.05, 0) is 36.1 Å². The minimum Gasteiger partial charge on any atom is -0.366 e. The van der Waals surface area contributed by atoms with Gasteiger partial charge in [-0.3, -0.25) is 4.79 Å². The fourth-order valence-corrected chi connectivity index (χ4v) is 3.47. The number of aromatic nitrogens is 2. The van der Waals surface area contributed by atoms with Gasteiger partial charge in [-0.25, -0.2) is 13.5 Å². The summed E-state index contributed by atoms with van der Waals surface area (Å²) >= 11 is 0. The van der Waals surface area contributed by atoms with Gasteiger partial charge < -0.3 is 11.1 Å². The summed E-state index contributed by atoms with van der Waals surface area (Å²) in [6, 6.07) is 9.93. The lowest BCUT2D eigenvalue weighted by Gasteiger charge is -2.26. The first-order valence-electron chi connectivity index (χ1n) is 8.45. The normalized spacial score (nSPS) is 20.4. The van der Waals surface area contributed by atoms with Crippen LogP contribution in [0.4, 0.5) is 8.78 Å². The Labute approximate surface area is 148 Å². The van der Waals surface area contributed by atoms with E-state index >= 15 is 0 Å². The van der Waals surface area contributed by atoms with Crippen LogP contribution in [0, 0.1) is 5.82 Å². The average Bonchev–Trinajstić information content (AvgIpc) is 3.05. The standard InChI is InChI=1S/C19H18F2N4O/c20-14-6-13(8-23-9-14)11-4-5-17(16(21)7-11)25-10-12-2-1-3-15(19(22)26)18(12)24-25/h1-5,7,10,13-14,23H,6,8-9H2,(H2,22,26)/t13-,14-/m0/s1. The van der Waals surface area contributed by atoms with E-state index < -0.39 is 17.9 Å². The molecule has 134 valence electrons. The summed E-state index contributed by atoms with van der Waals surface area (Å²) in [5.74, 6) is -1.08. The lowest BCUT2D eigenvalue weighted by Crippen LogP contribution is -2.36. The molecule has 3 N–H and O–H groups in total. The molecule has 1 amide bonds. The molecule has 2 heterocycles. The van der Waals surface area contributed by atoms with Gasteiger partial charge in [0.2, 0.25) is 0 Å². The Morgan fingerprint density at radius 1 is 1.27 bits per heavy atom. The van der Waals surface area contributed by atoms with Crippen LogP contribution in [0.3, 0.4) is 0 Å². The third kappa shape index (κ3) is 2.94. The Bertz CT molecular complexity index is 985. The molecule has 1 aliphatic rings. The number of hydrogen-bond acceptors (Lipinski definition) is 3. The highest BCUT2D eigenvalue weighted by Crippen LogP contribution is 2.28. The van der Waals surface area contributed by atoms with Gasteiger partial charge >= 0.3 is 0 Å². The highest BCUT2D eigenvalue weighted by atomic mass is 19.1. The van der Waals surface area contributed by atoms with Crippen LogP contribution in [-0.2, 0) is 0 Å². The van der Waals surface area contributed by atoms with Crippen molar-refractivity contribution >= 4 is 16.8 Å². The molecular formula is C19H18F2N4O. The molecule has 3 aromatic rings. The molecule has 1 fully saturated rings. The third-order valence-corrected chi connectivity index (χ3v) is 4.79. The van der Waals surface area contributed by atoms with Crippen LogP contribution in [0.25, 0.3) is 16.6 Å². The Morgan fingerprint density at radius 3 is 2.85 bits per heavy atom. The van der Waals surface area contributed by atoms with Crippen LogP contribution in [0.2, 0.25) is 0 Å². The van der Waals surface area contributed by atoms with Gasteiger partial charge in [-0.15, -0.1) is 0 Å². The Morgan fingerprint density at radius 2 is 2.12 bits per heavy atom. The summed E-state index contributed by atoms with van der Waals surface area (Å²) < 4.78 is 29.7. The molecule has 2 atom stereocenters. The number of amides is 1. The molecule has 4 rings (SSSR count). The zero-order chi connectivity index (χ0) is 18.3. The number of nitrogens with zero attached hydrogens (tertiary/aromatic N) is 2. The second-order valence-electron chi connectivity index (χ2n) is 6.58. The molecule has 1 aromatic heterocycles. The van der Waals surface area contributed by atoms with E-state index in [0.717, 1.165) is 5.56 Å². The molecule has 0 radical (unpaired) electrons. The molecule has 1 saturated heterocycles. The second-order valence-corrected chi connectivity index (χ2v) is 6.58. The number of benzene rings is 2. The predicted octanol–water partition coefficient (Wildman–Crippen LogP) is 2.68. The first-order chi connectivity index (χ1) is 12.5. The molecule has 0 bridgehead atoms. The third-order valence-electron chi connectivity index (χ3n) is 4.79. The summed E-state index contributed by atoms with van der Waals surface area (Å²) in [5.41, 5.74) is 7.12. The number of piperidine rings is 1. The van der Waals surface area contributed by atoms with Gasteiger partial charge in [-0.1, -0.05) is 18.2 Å². The van der Waals surface area contributed by atoms with Crippen molar-refractivity contribution in [2.45, 2.75) is 18.5 Å². The number of halogens is 2. The van der Waals surface area contributed by atoms with Crippen molar-refractivity contribution in [3.63, 3.8) is 0 Å². The maximum absolute atomic E-state index is 14.7.